The van der Waals surface area contributed by atoms with Gasteiger partial charge in [-0.05, 0) is 51.0 Å². The van der Waals surface area contributed by atoms with Crippen molar-refractivity contribution < 1.29 is 18.8 Å². The maximum atomic E-state index is 13.2. The van der Waals surface area contributed by atoms with E-state index in [1.54, 1.807) is 19.1 Å². The highest BCUT2D eigenvalue weighted by Crippen LogP contribution is 2.32. The summed E-state index contributed by atoms with van der Waals surface area (Å²) in [5, 5.41) is 14.3. The number of rotatable bonds is 5. The molecule has 0 spiro atoms. The minimum Gasteiger partial charge on any atom is -0.388 e. The predicted octanol–water partition coefficient (Wildman–Crippen LogP) is 4.33. The van der Waals surface area contributed by atoms with Gasteiger partial charge in [-0.25, -0.2) is 4.39 Å². The number of hydrogen-bond acceptors (Lipinski definition) is 4. The van der Waals surface area contributed by atoms with E-state index in [1.807, 2.05) is 11.8 Å². The standard InChI is InChI=1S/C20H25FN2O3/c1-3-23(16-7-5-4-6-8-16)20(25)19-17(13(2)24)18(22-26-19)14-9-11-15(21)12-10-14/h9-13,16,24H,3-8H2,1-2H3/t13-/m0/s1. The van der Waals surface area contributed by atoms with Crippen molar-refractivity contribution >= 4 is 5.91 Å². The van der Waals surface area contributed by atoms with Crippen LogP contribution in [0.15, 0.2) is 28.8 Å². The summed E-state index contributed by atoms with van der Waals surface area (Å²) in [6.45, 7) is 4.11. The molecule has 26 heavy (non-hydrogen) atoms. The zero-order valence-corrected chi connectivity index (χ0v) is 15.2. The highest BCUT2D eigenvalue weighted by Gasteiger charge is 2.32. The highest BCUT2D eigenvalue weighted by molar-refractivity contribution is 5.95. The molecule has 2 aromatic rings. The molecule has 1 aliphatic rings. The van der Waals surface area contributed by atoms with E-state index in [9.17, 15) is 14.3 Å². The number of carbonyl (C=O) groups excluding carboxylic acids is 1. The molecule has 6 heteroatoms. The Morgan fingerprint density at radius 1 is 1.31 bits per heavy atom. The van der Waals surface area contributed by atoms with E-state index < -0.39 is 6.10 Å². The highest BCUT2D eigenvalue weighted by atomic mass is 19.1. The van der Waals surface area contributed by atoms with Gasteiger partial charge in [0.1, 0.15) is 11.5 Å². The molecule has 1 aromatic carbocycles. The van der Waals surface area contributed by atoms with Crippen LogP contribution in [-0.4, -0.2) is 33.7 Å². The normalized spacial score (nSPS) is 16.5. The SMILES string of the molecule is CCN(C(=O)c1onc(-c2ccc(F)cc2)c1[C@H](C)O)C1CCCCC1. The third-order valence-corrected chi connectivity index (χ3v) is 5.07. The molecule has 0 bridgehead atoms. The third kappa shape index (κ3) is 3.65. The van der Waals surface area contributed by atoms with E-state index >= 15 is 0 Å². The van der Waals surface area contributed by atoms with Gasteiger partial charge in [-0.2, -0.15) is 0 Å². The van der Waals surface area contributed by atoms with Crippen LogP contribution in [0.25, 0.3) is 11.3 Å². The molecule has 5 nitrogen and oxygen atoms in total. The smallest absolute Gasteiger partial charge is 0.293 e. The molecule has 140 valence electrons. The average molecular weight is 360 g/mol. The lowest BCUT2D eigenvalue weighted by atomic mass is 9.93. The van der Waals surface area contributed by atoms with Crippen molar-refractivity contribution in [2.24, 2.45) is 0 Å². The maximum Gasteiger partial charge on any atom is 0.293 e. The third-order valence-electron chi connectivity index (χ3n) is 5.07. The molecule has 0 saturated heterocycles. The lowest BCUT2D eigenvalue weighted by Gasteiger charge is -2.33. The molecule has 3 rings (SSSR count). The van der Waals surface area contributed by atoms with Crippen molar-refractivity contribution in [3.05, 3.63) is 41.4 Å². The van der Waals surface area contributed by atoms with Crippen LogP contribution in [0.2, 0.25) is 0 Å². The van der Waals surface area contributed by atoms with E-state index in [4.69, 9.17) is 4.52 Å². The fourth-order valence-electron chi connectivity index (χ4n) is 3.75. The summed E-state index contributed by atoms with van der Waals surface area (Å²) in [6, 6.07) is 5.95. The van der Waals surface area contributed by atoms with Crippen molar-refractivity contribution in [2.45, 2.75) is 58.1 Å². The zero-order valence-electron chi connectivity index (χ0n) is 15.2. The van der Waals surface area contributed by atoms with Crippen LogP contribution < -0.4 is 0 Å². The van der Waals surface area contributed by atoms with Crippen LogP contribution in [0.1, 0.15) is 68.2 Å². The van der Waals surface area contributed by atoms with Crippen molar-refractivity contribution in [2.75, 3.05) is 6.54 Å². The van der Waals surface area contributed by atoms with Crippen LogP contribution >= 0.6 is 0 Å². The molecule has 1 saturated carbocycles. The van der Waals surface area contributed by atoms with Crippen molar-refractivity contribution in [1.82, 2.24) is 10.1 Å². The van der Waals surface area contributed by atoms with Gasteiger partial charge in [-0.3, -0.25) is 4.79 Å². The second kappa shape index (κ2) is 7.99. The van der Waals surface area contributed by atoms with Gasteiger partial charge < -0.3 is 14.5 Å². The number of aromatic nitrogens is 1. The largest absolute Gasteiger partial charge is 0.388 e. The van der Waals surface area contributed by atoms with Crippen LogP contribution in [0.5, 0.6) is 0 Å². The minimum absolute atomic E-state index is 0.0757. The molecule has 0 radical (unpaired) electrons. The van der Waals surface area contributed by atoms with Gasteiger partial charge in [0.05, 0.1) is 11.7 Å². The molecule has 1 heterocycles. The number of benzene rings is 1. The molecular weight excluding hydrogens is 335 g/mol. The van der Waals surface area contributed by atoms with Gasteiger partial charge in [0.25, 0.3) is 5.91 Å². The first-order valence-electron chi connectivity index (χ1n) is 9.27. The molecule has 1 aromatic heterocycles. The number of aliphatic hydroxyl groups is 1. The van der Waals surface area contributed by atoms with Crippen LogP contribution in [-0.2, 0) is 0 Å². The average Bonchev–Trinajstić information content (AvgIpc) is 3.09. The first-order chi connectivity index (χ1) is 12.5. The Labute approximate surface area is 152 Å². The summed E-state index contributed by atoms with van der Waals surface area (Å²) in [4.78, 5) is 14.9. The Balaban J connectivity index is 1.96. The van der Waals surface area contributed by atoms with Crippen molar-refractivity contribution in [3.63, 3.8) is 0 Å². The number of halogens is 1. The summed E-state index contributed by atoms with van der Waals surface area (Å²) >= 11 is 0. The van der Waals surface area contributed by atoms with Crippen LogP contribution in [0.3, 0.4) is 0 Å². The Hall–Kier alpha value is -2.21. The summed E-state index contributed by atoms with van der Waals surface area (Å²) in [5.41, 5.74) is 1.34. The lowest BCUT2D eigenvalue weighted by Crippen LogP contribution is -2.41. The number of carbonyl (C=O) groups is 1. The topological polar surface area (TPSA) is 66.6 Å². The van der Waals surface area contributed by atoms with Gasteiger partial charge in [-0.1, -0.05) is 24.4 Å². The molecule has 1 aliphatic carbocycles. The first-order valence-corrected chi connectivity index (χ1v) is 9.27. The quantitative estimate of drug-likeness (QED) is 0.862. The van der Waals surface area contributed by atoms with Gasteiger partial charge in [0.15, 0.2) is 0 Å². The van der Waals surface area contributed by atoms with E-state index in [0.717, 1.165) is 25.7 Å². The Bertz CT molecular complexity index is 749. The predicted molar refractivity (Wildman–Crippen MR) is 96.1 cm³/mol. The molecule has 0 unspecified atom stereocenters. The molecule has 1 N–H and O–H groups in total. The first kappa shape index (κ1) is 18.6. The number of amides is 1. The van der Waals surface area contributed by atoms with Crippen molar-refractivity contribution in [3.8, 4) is 11.3 Å². The van der Waals surface area contributed by atoms with Crippen molar-refractivity contribution in [1.29, 1.82) is 0 Å². The summed E-state index contributed by atoms with van der Waals surface area (Å²) in [6.07, 6.45) is 4.50. The van der Waals surface area contributed by atoms with Gasteiger partial charge >= 0.3 is 0 Å². The number of aliphatic hydroxyl groups excluding tert-OH is 1. The lowest BCUT2D eigenvalue weighted by molar-refractivity contribution is 0.0598. The second-order valence-electron chi connectivity index (χ2n) is 6.84. The molecule has 0 aliphatic heterocycles. The Morgan fingerprint density at radius 3 is 2.54 bits per heavy atom. The van der Waals surface area contributed by atoms with Gasteiger partial charge in [-0.15, -0.1) is 0 Å². The fourth-order valence-corrected chi connectivity index (χ4v) is 3.75. The Kier molecular flexibility index (Phi) is 5.71. The summed E-state index contributed by atoms with van der Waals surface area (Å²) in [5.74, 6) is -0.524. The zero-order chi connectivity index (χ0) is 18.7. The second-order valence-corrected chi connectivity index (χ2v) is 6.84. The monoisotopic (exact) mass is 360 g/mol. The molecular formula is C20H25FN2O3. The van der Waals surface area contributed by atoms with E-state index in [2.05, 4.69) is 5.16 Å². The molecule has 1 amide bonds. The van der Waals surface area contributed by atoms with E-state index in [0.29, 0.717) is 23.4 Å². The molecule has 1 atom stereocenters. The fraction of sp³-hybridized carbons (Fsp3) is 0.500. The summed E-state index contributed by atoms with van der Waals surface area (Å²) < 4.78 is 18.6. The van der Waals surface area contributed by atoms with Gasteiger partial charge in [0, 0.05) is 18.2 Å². The number of nitrogens with zero attached hydrogens (tertiary/aromatic N) is 2. The maximum absolute atomic E-state index is 13.2. The molecule has 1 fully saturated rings. The van der Waals surface area contributed by atoms with E-state index in [1.165, 1.54) is 18.6 Å². The number of hydrogen-bond donors (Lipinski definition) is 1. The summed E-state index contributed by atoms with van der Waals surface area (Å²) in [7, 11) is 0. The van der Waals surface area contributed by atoms with E-state index in [-0.39, 0.29) is 23.5 Å². The Morgan fingerprint density at radius 2 is 1.96 bits per heavy atom. The van der Waals surface area contributed by atoms with Crippen LogP contribution in [0, 0.1) is 5.82 Å². The van der Waals surface area contributed by atoms with Crippen LogP contribution in [0.4, 0.5) is 4.39 Å². The van der Waals surface area contributed by atoms with Gasteiger partial charge in [0.2, 0.25) is 5.76 Å². The minimum atomic E-state index is -0.926.